The highest BCUT2D eigenvalue weighted by molar-refractivity contribution is 5.82. The van der Waals surface area contributed by atoms with Gasteiger partial charge in [-0.3, -0.25) is 4.68 Å². The highest BCUT2D eigenvalue weighted by Crippen LogP contribution is 1.96. The first-order chi connectivity index (χ1) is 9.02. The first-order valence-corrected chi connectivity index (χ1v) is 6.29. The zero-order valence-electron chi connectivity index (χ0n) is 11.2. The average Bonchev–Trinajstić information content (AvgIpc) is 2.74. The van der Waals surface area contributed by atoms with Gasteiger partial charge in [0.1, 0.15) is 6.04 Å². The summed E-state index contributed by atoms with van der Waals surface area (Å²) in [5.74, 6) is -1.01. The molecule has 1 heterocycles. The van der Waals surface area contributed by atoms with Crippen LogP contribution >= 0.6 is 0 Å². The number of hydrogen-bond donors (Lipinski definition) is 3. The van der Waals surface area contributed by atoms with E-state index in [4.69, 9.17) is 5.11 Å². The molecule has 1 atom stereocenters. The van der Waals surface area contributed by atoms with Gasteiger partial charge < -0.3 is 15.7 Å². The summed E-state index contributed by atoms with van der Waals surface area (Å²) in [5, 5.41) is 18.0. The highest BCUT2D eigenvalue weighted by Gasteiger charge is 2.18. The third-order valence-corrected chi connectivity index (χ3v) is 2.57. The van der Waals surface area contributed by atoms with Gasteiger partial charge in [0.2, 0.25) is 0 Å². The Hall–Kier alpha value is -2.05. The lowest BCUT2D eigenvalue weighted by Gasteiger charge is -2.14. The molecule has 0 saturated heterocycles. The molecule has 7 nitrogen and oxygen atoms in total. The topological polar surface area (TPSA) is 96.3 Å². The number of hydrogen-bond acceptors (Lipinski definition) is 3. The molecular weight excluding hydrogens is 248 g/mol. The predicted octanol–water partition coefficient (Wildman–Crippen LogP) is 0.744. The quantitative estimate of drug-likeness (QED) is 0.679. The van der Waals surface area contributed by atoms with E-state index in [-0.39, 0.29) is 0 Å². The minimum absolute atomic E-state index is 0.394. The van der Waals surface area contributed by atoms with E-state index >= 15 is 0 Å². The summed E-state index contributed by atoms with van der Waals surface area (Å²) in [6.45, 7) is 4.75. The Balaban J connectivity index is 2.28. The smallest absolute Gasteiger partial charge is 0.326 e. The van der Waals surface area contributed by atoms with Crippen molar-refractivity contribution in [1.82, 2.24) is 20.4 Å². The first kappa shape index (κ1) is 15.0. The number of nitrogens with one attached hydrogen (secondary N) is 2. The normalized spacial score (nSPS) is 11.9. The van der Waals surface area contributed by atoms with E-state index in [1.165, 1.54) is 0 Å². The van der Waals surface area contributed by atoms with E-state index in [2.05, 4.69) is 15.7 Å². The molecule has 0 radical (unpaired) electrons. The van der Waals surface area contributed by atoms with Gasteiger partial charge in [-0.2, -0.15) is 5.10 Å². The minimum Gasteiger partial charge on any atom is -0.480 e. The largest absolute Gasteiger partial charge is 0.480 e. The number of aryl methyl sites for hydroxylation is 1. The van der Waals surface area contributed by atoms with Crippen molar-refractivity contribution in [2.45, 2.75) is 39.3 Å². The summed E-state index contributed by atoms with van der Waals surface area (Å²) in [7, 11) is 0. The van der Waals surface area contributed by atoms with Gasteiger partial charge in [-0.15, -0.1) is 0 Å². The van der Waals surface area contributed by atoms with Crippen molar-refractivity contribution in [2.75, 3.05) is 6.54 Å². The maximum Gasteiger partial charge on any atom is 0.326 e. The van der Waals surface area contributed by atoms with Crippen LogP contribution in [-0.2, 0) is 11.3 Å². The van der Waals surface area contributed by atoms with Crippen molar-refractivity contribution in [3.63, 3.8) is 0 Å². The third kappa shape index (κ3) is 5.41. The average molecular weight is 268 g/mol. The molecule has 0 aliphatic rings. The van der Waals surface area contributed by atoms with Crippen LogP contribution in [0, 0.1) is 6.92 Å². The van der Waals surface area contributed by atoms with Gasteiger partial charge >= 0.3 is 12.0 Å². The fraction of sp³-hybridized carbons (Fsp3) is 0.583. The van der Waals surface area contributed by atoms with Crippen molar-refractivity contribution in [2.24, 2.45) is 0 Å². The summed E-state index contributed by atoms with van der Waals surface area (Å²) < 4.78 is 1.72. The number of nitrogens with zero attached hydrogens (tertiary/aromatic N) is 2. The molecule has 7 heteroatoms. The van der Waals surface area contributed by atoms with E-state index < -0.39 is 18.0 Å². The van der Waals surface area contributed by atoms with Crippen molar-refractivity contribution in [3.8, 4) is 0 Å². The number of urea groups is 1. The number of rotatable bonds is 7. The molecule has 0 spiro atoms. The Bertz CT molecular complexity index is 430. The number of carbonyl (C=O) groups is 2. The lowest BCUT2D eigenvalue weighted by molar-refractivity contribution is -0.139. The molecule has 2 amide bonds. The molecule has 0 aromatic carbocycles. The summed E-state index contributed by atoms with van der Waals surface area (Å²) >= 11 is 0. The van der Waals surface area contributed by atoms with E-state index in [0.717, 1.165) is 5.56 Å². The molecule has 3 N–H and O–H groups in total. The summed E-state index contributed by atoms with van der Waals surface area (Å²) in [4.78, 5) is 22.4. The van der Waals surface area contributed by atoms with Crippen LogP contribution in [0.4, 0.5) is 4.79 Å². The number of aliphatic carboxylic acids is 1. The Labute approximate surface area is 112 Å². The fourth-order valence-corrected chi connectivity index (χ4v) is 1.63. The molecule has 0 saturated carbocycles. The van der Waals surface area contributed by atoms with Crippen LogP contribution < -0.4 is 10.6 Å². The highest BCUT2D eigenvalue weighted by atomic mass is 16.4. The van der Waals surface area contributed by atoms with Gasteiger partial charge in [0.15, 0.2) is 0 Å². The van der Waals surface area contributed by atoms with Crippen LogP contribution in [0.25, 0.3) is 0 Å². The summed E-state index contributed by atoms with van der Waals surface area (Å²) in [6, 6.07) is -1.30. The molecule has 0 fully saturated rings. The van der Waals surface area contributed by atoms with Gasteiger partial charge in [0.05, 0.1) is 12.7 Å². The van der Waals surface area contributed by atoms with Crippen LogP contribution in [0.3, 0.4) is 0 Å². The second kappa shape index (κ2) is 7.40. The minimum atomic E-state index is -1.01. The molecule has 1 aromatic rings. The molecular formula is C12H20N4O3. The Morgan fingerprint density at radius 3 is 2.79 bits per heavy atom. The standard InChI is InChI=1S/C12H20N4O3/c1-3-4-10(11(17)18)15-12(19)13-5-6-16-8-9(2)7-14-16/h7-8,10H,3-6H2,1-2H3,(H,17,18)(H2,13,15,19)/t10-/m1/s1. The van der Waals surface area contributed by atoms with E-state index in [1.54, 1.807) is 10.9 Å². The van der Waals surface area contributed by atoms with Crippen LogP contribution in [0.5, 0.6) is 0 Å². The number of amides is 2. The van der Waals surface area contributed by atoms with Crippen LogP contribution in [0.1, 0.15) is 25.3 Å². The predicted molar refractivity (Wildman–Crippen MR) is 69.8 cm³/mol. The second-order valence-corrected chi connectivity index (χ2v) is 4.36. The lowest BCUT2D eigenvalue weighted by atomic mass is 10.2. The van der Waals surface area contributed by atoms with Gasteiger partial charge in [-0.05, 0) is 18.9 Å². The summed E-state index contributed by atoms with van der Waals surface area (Å²) in [5.41, 5.74) is 1.05. The van der Waals surface area contributed by atoms with Crippen molar-refractivity contribution in [1.29, 1.82) is 0 Å². The third-order valence-electron chi connectivity index (χ3n) is 2.57. The molecule has 0 bridgehead atoms. The van der Waals surface area contributed by atoms with Crippen LogP contribution in [-0.4, -0.2) is 39.5 Å². The van der Waals surface area contributed by atoms with E-state index in [9.17, 15) is 9.59 Å². The maximum absolute atomic E-state index is 11.5. The lowest BCUT2D eigenvalue weighted by Crippen LogP contribution is -2.46. The molecule has 0 unspecified atom stereocenters. The second-order valence-electron chi connectivity index (χ2n) is 4.36. The van der Waals surface area contributed by atoms with Gasteiger partial charge in [0.25, 0.3) is 0 Å². The Morgan fingerprint density at radius 2 is 2.26 bits per heavy atom. The van der Waals surface area contributed by atoms with Gasteiger partial charge in [-0.25, -0.2) is 9.59 Å². The van der Waals surface area contributed by atoms with Crippen molar-refractivity contribution >= 4 is 12.0 Å². The SMILES string of the molecule is CCC[C@@H](NC(=O)NCCn1cc(C)cn1)C(=O)O. The molecule has 1 rings (SSSR count). The molecule has 106 valence electrons. The number of carboxylic acid groups (broad SMARTS) is 1. The number of aromatic nitrogens is 2. The molecule has 1 aromatic heterocycles. The first-order valence-electron chi connectivity index (χ1n) is 6.29. The van der Waals surface area contributed by atoms with Crippen LogP contribution in [0.15, 0.2) is 12.4 Å². The zero-order valence-corrected chi connectivity index (χ0v) is 11.2. The fourth-order valence-electron chi connectivity index (χ4n) is 1.63. The Kier molecular flexibility index (Phi) is 5.84. The van der Waals surface area contributed by atoms with E-state index in [1.807, 2.05) is 20.0 Å². The van der Waals surface area contributed by atoms with E-state index in [0.29, 0.717) is 25.9 Å². The van der Waals surface area contributed by atoms with Crippen LogP contribution in [0.2, 0.25) is 0 Å². The molecule has 0 aliphatic heterocycles. The van der Waals surface area contributed by atoms with Gasteiger partial charge in [0, 0.05) is 12.7 Å². The molecule has 19 heavy (non-hydrogen) atoms. The molecule has 0 aliphatic carbocycles. The monoisotopic (exact) mass is 268 g/mol. The summed E-state index contributed by atoms with van der Waals surface area (Å²) in [6.07, 6.45) is 4.73. The Morgan fingerprint density at radius 1 is 1.53 bits per heavy atom. The maximum atomic E-state index is 11.5. The van der Waals surface area contributed by atoms with Gasteiger partial charge in [-0.1, -0.05) is 13.3 Å². The van der Waals surface area contributed by atoms with Crippen molar-refractivity contribution in [3.05, 3.63) is 18.0 Å². The van der Waals surface area contributed by atoms with Crippen molar-refractivity contribution < 1.29 is 14.7 Å². The number of carboxylic acids is 1. The number of carbonyl (C=O) groups excluding carboxylic acids is 1. The zero-order chi connectivity index (χ0) is 14.3.